The predicted molar refractivity (Wildman–Crippen MR) is 140 cm³/mol. The maximum atomic E-state index is 14.3. The smallest absolute Gasteiger partial charge is 0.178 e. The highest BCUT2D eigenvalue weighted by Gasteiger charge is 2.70. The van der Waals surface area contributed by atoms with Crippen LogP contribution in [-0.4, -0.2) is 17.3 Å². The zero-order chi connectivity index (χ0) is 26.7. The van der Waals surface area contributed by atoms with Gasteiger partial charge in [0.05, 0.1) is 5.57 Å². The Balaban J connectivity index is 1.71. The molecular formula is C32H43NO3. The molecule has 0 saturated heterocycles. The van der Waals surface area contributed by atoms with E-state index in [2.05, 4.69) is 40.7 Å². The van der Waals surface area contributed by atoms with Crippen molar-refractivity contribution in [2.24, 2.45) is 50.2 Å². The predicted octanol–water partition coefficient (Wildman–Crippen LogP) is 6.79. The zero-order valence-electron chi connectivity index (χ0n) is 23.5. The number of Topliss-reactive ketones (excluding diaryl/α,β-unsaturated/α-hetero) is 2. The third kappa shape index (κ3) is 2.89. The van der Waals surface area contributed by atoms with Crippen LogP contribution in [0.25, 0.3) is 0 Å². The summed E-state index contributed by atoms with van der Waals surface area (Å²) in [5, 5.41) is 9.85. The van der Waals surface area contributed by atoms with Gasteiger partial charge in [-0.15, -0.1) is 0 Å². The van der Waals surface area contributed by atoms with Gasteiger partial charge in [0.25, 0.3) is 0 Å². The quantitative estimate of drug-likeness (QED) is 0.406. The molecule has 4 nitrogen and oxygen atoms in total. The van der Waals surface area contributed by atoms with E-state index in [1.165, 1.54) is 0 Å². The summed E-state index contributed by atoms with van der Waals surface area (Å²) in [4.78, 5) is 40.7. The van der Waals surface area contributed by atoms with Gasteiger partial charge >= 0.3 is 0 Å². The highest BCUT2D eigenvalue weighted by Crippen LogP contribution is 2.74. The first-order valence-electron chi connectivity index (χ1n) is 14.0. The van der Waals surface area contributed by atoms with Gasteiger partial charge in [0.1, 0.15) is 11.9 Å². The Morgan fingerprint density at radius 2 is 1.61 bits per heavy atom. The number of ketones is 3. The third-order valence-corrected chi connectivity index (χ3v) is 12.6. The lowest BCUT2D eigenvalue weighted by atomic mass is 9.34. The molecule has 0 aromatic rings. The number of nitrogens with zero attached hydrogens (tertiary/aromatic N) is 1. The monoisotopic (exact) mass is 489 g/mol. The van der Waals surface area contributed by atoms with Gasteiger partial charge in [-0.05, 0) is 86.0 Å². The maximum Gasteiger partial charge on any atom is 0.178 e. The molecule has 0 aliphatic heterocycles. The minimum Gasteiger partial charge on any atom is -0.299 e. The van der Waals surface area contributed by atoms with Gasteiger partial charge in [0.2, 0.25) is 0 Å². The molecule has 0 N–H and O–H groups in total. The Morgan fingerprint density at radius 1 is 0.972 bits per heavy atom. The van der Waals surface area contributed by atoms with E-state index in [4.69, 9.17) is 0 Å². The number of carbonyl (C=O) groups is 3. The molecule has 0 heterocycles. The van der Waals surface area contributed by atoms with Crippen LogP contribution in [0.15, 0.2) is 23.3 Å². The number of allylic oxidation sites excluding steroid dienone is 4. The minimum atomic E-state index is -0.652. The van der Waals surface area contributed by atoms with Crippen LogP contribution in [0.1, 0.15) is 100 Å². The second-order valence-corrected chi connectivity index (χ2v) is 15.0. The van der Waals surface area contributed by atoms with Crippen molar-refractivity contribution in [3.8, 4) is 6.07 Å². The van der Waals surface area contributed by atoms with Crippen LogP contribution in [0.3, 0.4) is 0 Å². The Kier molecular flexibility index (Phi) is 5.19. The molecule has 3 fully saturated rings. The first kappa shape index (κ1) is 25.6. The minimum absolute atomic E-state index is 0.0513. The Labute approximate surface area is 217 Å². The van der Waals surface area contributed by atoms with E-state index in [-0.39, 0.29) is 62.3 Å². The van der Waals surface area contributed by atoms with E-state index in [1.54, 1.807) is 6.92 Å². The average Bonchev–Trinajstić information content (AvgIpc) is 2.77. The number of hydrogen-bond donors (Lipinski definition) is 0. The van der Waals surface area contributed by atoms with Crippen LogP contribution in [0.4, 0.5) is 0 Å². The highest BCUT2D eigenvalue weighted by molar-refractivity contribution is 6.04. The van der Waals surface area contributed by atoms with E-state index in [0.717, 1.165) is 50.5 Å². The average molecular weight is 490 g/mol. The van der Waals surface area contributed by atoms with Crippen molar-refractivity contribution in [1.29, 1.82) is 5.26 Å². The first-order chi connectivity index (χ1) is 16.5. The van der Waals surface area contributed by atoms with Crippen LogP contribution in [-0.2, 0) is 14.4 Å². The third-order valence-electron chi connectivity index (χ3n) is 12.6. The second-order valence-electron chi connectivity index (χ2n) is 15.0. The summed E-state index contributed by atoms with van der Waals surface area (Å²) in [5.41, 5.74) is -0.562. The largest absolute Gasteiger partial charge is 0.299 e. The van der Waals surface area contributed by atoms with Crippen molar-refractivity contribution in [2.45, 2.75) is 100 Å². The van der Waals surface area contributed by atoms with Crippen LogP contribution in [0, 0.1) is 61.6 Å². The van der Waals surface area contributed by atoms with Crippen LogP contribution in [0.5, 0.6) is 0 Å². The van der Waals surface area contributed by atoms with Crippen molar-refractivity contribution in [3.05, 3.63) is 23.3 Å². The molecule has 3 saturated carbocycles. The van der Waals surface area contributed by atoms with Crippen LogP contribution < -0.4 is 0 Å². The summed E-state index contributed by atoms with van der Waals surface area (Å²) < 4.78 is 0. The van der Waals surface area contributed by atoms with Gasteiger partial charge in [-0.1, -0.05) is 60.1 Å². The topological polar surface area (TPSA) is 75.0 Å². The molecule has 0 spiro atoms. The van der Waals surface area contributed by atoms with Gasteiger partial charge in [-0.25, -0.2) is 0 Å². The molecule has 0 aromatic heterocycles. The fourth-order valence-electron chi connectivity index (χ4n) is 10.2. The number of rotatable bonds is 1. The molecule has 0 radical (unpaired) electrons. The summed E-state index contributed by atoms with van der Waals surface area (Å²) in [6.45, 7) is 17.1. The summed E-state index contributed by atoms with van der Waals surface area (Å²) in [7, 11) is 0. The normalized spacial score (nSPS) is 46.7. The molecule has 4 heteroatoms. The first-order valence-corrected chi connectivity index (χ1v) is 14.0. The van der Waals surface area contributed by atoms with E-state index < -0.39 is 10.8 Å². The standard InChI is InChI=1S/C32H43NO3/c1-19(34)32-13-11-27(2,3)17-21(32)25-22(35)15-24-29(6)16-20(18-33)26(36)28(4,5)23(29)9-10-30(24,7)31(25,8)12-14-32/h15-16,21,23,25H,9-14,17H2,1-8H3/t21?,23-,25?,29-,30+,31+,32+/m0/s1. The zero-order valence-corrected chi connectivity index (χ0v) is 23.5. The number of nitriles is 1. The van der Waals surface area contributed by atoms with Gasteiger partial charge in [0.15, 0.2) is 11.6 Å². The molecule has 5 aliphatic rings. The maximum absolute atomic E-state index is 14.3. The Hall–Kier alpha value is -2.02. The lowest BCUT2D eigenvalue weighted by Crippen LogP contribution is -2.65. The molecule has 0 bridgehead atoms. The summed E-state index contributed by atoms with van der Waals surface area (Å²) >= 11 is 0. The number of fused-ring (bicyclic) bond motifs is 7. The summed E-state index contributed by atoms with van der Waals surface area (Å²) in [6.07, 6.45) is 10.2. The van der Waals surface area contributed by atoms with E-state index in [9.17, 15) is 19.6 Å². The summed E-state index contributed by atoms with van der Waals surface area (Å²) in [5.74, 6) is 0.316. The molecule has 0 aromatic carbocycles. The molecular weight excluding hydrogens is 446 g/mol. The molecule has 5 rings (SSSR count). The highest BCUT2D eigenvalue weighted by atomic mass is 16.1. The van der Waals surface area contributed by atoms with Crippen LogP contribution in [0.2, 0.25) is 0 Å². The van der Waals surface area contributed by atoms with Crippen molar-refractivity contribution in [1.82, 2.24) is 0 Å². The number of hydrogen-bond acceptors (Lipinski definition) is 4. The fraction of sp³-hybridized carbons (Fsp3) is 0.750. The lowest BCUT2D eigenvalue weighted by molar-refractivity contribution is -0.176. The van der Waals surface area contributed by atoms with E-state index in [1.807, 2.05) is 26.0 Å². The van der Waals surface area contributed by atoms with Crippen molar-refractivity contribution in [3.63, 3.8) is 0 Å². The fourth-order valence-corrected chi connectivity index (χ4v) is 10.2. The second kappa shape index (κ2) is 7.30. The van der Waals surface area contributed by atoms with Gasteiger partial charge < -0.3 is 0 Å². The van der Waals surface area contributed by atoms with Crippen molar-refractivity contribution < 1.29 is 14.4 Å². The Bertz CT molecular complexity index is 1180. The SMILES string of the molecule is CC(=O)[C@]12CCC(C)(C)CC1C1C(=O)C=C3[C@@]4(C)C=C(C#N)C(=O)C(C)(C)[C@@H]4CC[C@@]3(C)[C@]1(C)CC2. The molecule has 194 valence electrons. The summed E-state index contributed by atoms with van der Waals surface area (Å²) in [6, 6.07) is 2.18. The van der Waals surface area contributed by atoms with Gasteiger partial charge in [-0.2, -0.15) is 5.26 Å². The van der Waals surface area contributed by atoms with E-state index in [0.29, 0.717) is 0 Å². The molecule has 7 atom stereocenters. The van der Waals surface area contributed by atoms with Crippen LogP contribution >= 0.6 is 0 Å². The number of carbonyl (C=O) groups excluding carboxylic acids is 3. The molecule has 36 heavy (non-hydrogen) atoms. The molecule has 5 aliphatic carbocycles. The van der Waals surface area contributed by atoms with Crippen molar-refractivity contribution in [2.75, 3.05) is 0 Å². The molecule has 2 unspecified atom stereocenters. The Morgan fingerprint density at radius 3 is 2.22 bits per heavy atom. The lowest BCUT2D eigenvalue weighted by Gasteiger charge is -2.69. The molecule has 0 amide bonds. The van der Waals surface area contributed by atoms with Crippen molar-refractivity contribution >= 4 is 17.3 Å². The van der Waals surface area contributed by atoms with Gasteiger partial charge in [-0.3, -0.25) is 14.4 Å². The van der Waals surface area contributed by atoms with E-state index >= 15 is 0 Å². The van der Waals surface area contributed by atoms with Gasteiger partial charge in [0, 0.05) is 22.2 Å².